The Bertz CT molecular complexity index is 270. The van der Waals surface area contributed by atoms with Crippen molar-refractivity contribution in [1.29, 1.82) is 0 Å². The standard InChI is InChI=1S/C8H9BrOS2/c1-11-5-4-6(10)7-2-3-8(9)12-7/h2-3H,4-5H2,1H3. The van der Waals surface area contributed by atoms with Gasteiger partial charge in [-0.25, -0.2) is 0 Å². The van der Waals surface area contributed by atoms with E-state index in [0.717, 1.165) is 14.4 Å². The van der Waals surface area contributed by atoms with Gasteiger partial charge in [-0.2, -0.15) is 11.8 Å². The molecule has 1 aromatic heterocycles. The Morgan fingerprint density at radius 2 is 2.42 bits per heavy atom. The lowest BCUT2D eigenvalue weighted by molar-refractivity contribution is 0.0993. The summed E-state index contributed by atoms with van der Waals surface area (Å²) >= 11 is 6.54. The van der Waals surface area contributed by atoms with Crippen LogP contribution in [0.3, 0.4) is 0 Å². The van der Waals surface area contributed by atoms with E-state index in [2.05, 4.69) is 15.9 Å². The van der Waals surface area contributed by atoms with E-state index >= 15 is 0 Å². The lowest BCUT2D eigenvalue weighted by atomic mass is 10.3. The van der Waals surface area contributed by atoms with E-state index in [1.807, 2.05) is 18.4 Å². The summed E-state index contributed by atoms with van der Waals surface area (Å²) in [4.78, 5) is 12.3. The first-order chi connectivity index (χ1) is 5.74. The lowest BCUT2D eigenvalue weighted by Gasteiger charge is -1.93. The molecule has 0 saturated heterocycles. The number of halogens is 1. The Labute approximate surface area is 88.7 Å². The van der Waals surface area contributed by atoms with Gasteiger partial charge < -0.3 is 0 Å². The number of thioether (sulfide) groups is 1. The van der Waals surface area contributed by atoms with Crippen molar-refractivity contribution >= 4 is 44.8 Å². The number of thiophene rings is 1. The van der Waals surface area contributed by atoms with E-state index in [4.69, 9.17) is 0 Å². The molecule has 0 aromatic carbocycles. The van der Waals surface area contributed by atoms with Crippen LogP contribution >= 0.6 is 39.0 Å². The molecule has 1 nitrogen and oxygen atoms in total. The van der Waals surface area contributed by atoms with Crippen molar-refractivity contribution in [2.24, 2.45) is 0 Å². The second kappa shape index (κ2) is 5.04. The minimum atomic E-state index is 0.250. The van der Waals surface area contributed by atoms with Gasteiger partial charge in [0.25, 0.3) is 0 Å². The summed E-state index contributed by atoms with van der Waals surface area (Å²) in [6, 6.07) is 3.79. The molecule has 1 aromatic rings. The molecule has 1 rings (SSSR count). The number of Topliss-reactive ketones (excluding diaryl/α,β-unsaturated/α-hetero) is 1. The third kappa shape index (κ3) is 2.92. The molecule has 0 aliphatic carbocycles. The molecule has 0 atom stereocenters. The molecule has 4 heteroatoms. The van der Waals surface area contributed by atoms with Gasteiger partial charge in [0.2, 0.25) is 0 Å². The fourth-order valence-electron chi connectivity index (χ4n) is 0.782. The average molecular weight is 265 g/mol. The molecule has 0 aliphatic rings. The maximum Gasteiger partial charge on any atom is 0.173 e. The second-order valence-electron chi connectivity index (χ2n) is 2.27. The van der Waals surface area contributed by atoms with E-state index in [-0.39, 0.29) is 5.78 Å². The molecule has 0 fully saturated rings. The predicted molar refractivity (Wildman–Crippen MR) is 59.3 cm³/mol. The molecule has 0 unspecified atom stereocenters. The van der Waals surface area contributed by atoms with Gasteiger partial charge in [0.05, 0.1) is 8.66 Å². The fraction of sp³-hybridized carbons (Fsp3) is 0.375. The smallest absolute Gasteiger partial charge is 0.173 e. The van der Waals surface area contributed by atoms with Crippen LogP contribution in [0.2, 0.25) is 0 Å². The van der Waals surface area contributed by atoms with Crippen LogP contribution in [0, 0.1) is 0 Å². The largest absolute Gasteiger partial charge is 0.293 e. The topological polar surface area (TPSA) is 17.1 Å². The van der Waals surface area contributed by atoms with Gasteiger partial charge in [0.1, 0.15) is 0 Å². The van der Waals surface area contributed by atoms with Crippen molar-refractivity contribution in [2.75, 3.05) is 12.0 Å². The molecule has 0 aliphatic heterocycles. The molecule has 12 heavy (non-hydrogen) atoms. The molecule has 66 valence electrons. The van der Waals surface area contributed by atoms with Crippen LogP contribution in [-0.2, 0) is 0 Å². The van der Waals surface area contributed by atoms with Crippen molar-refractivity contribution in [3.8, 4) is 0 Å². The third-order valence-electron chi connectivity index (χ3n) is 1.38. The number of ketones is 1. The molecule has 0 saturated carbocycles. The summed E-state index contributed by atoms with van der Waals surface area (Å²) in [6.45, 7) is 0. The summed E-state index contributed by atoms with van der Waals surface area (Å²) in [5, 5.41) is 0. The number of carbonyl (C=O) groups is 1. The van der Waals surface area contributed by atoms with Crippen LogP contribution in [0.4, 0.5) is 0 Å². The molecule has 0 amide bonds. The van der Waals surface area contributed by atoms with E-state index in [9.17, 15) is 4.79 Å². The highest BCUT2D eigenvalue weighted by molar-refractivity contribution is 9.11. The van der Waals surface area contributed by atoms with Crippen LogP contribution in [0.1, 0.15) is 16.1 Å². The Hall–Kier alpha value is 0.200. The van der Waals surface area contributed by atoms with Crippen LogP contribution in [0.25, 0.3) is 0 Å². The van der Waals surface area contributed by atoms with Crippen LogP contribution in [-0.4, -0.2) is 17.8 Å². The Kier molecular flexibility index (Phi) is 4.32. The van der Waals surface area contributed by atoms with Gasteiger partial charge in [-0.15, -0.1) is 11.3 Å². The maximum atomic E-state index is 11.4. The van der Waals surface area contributed by atoms with Gasteiger partial charge >= 0.3 is 0 Å². The molecule has 0 bridgehead atoms. The monoisotopic (exact) mass is 264 g/mol. The van der Waals surface area contributed by atoms with Gasteiger partial charge in [0, 0.05) is 12.2 Å². The highest BCUT2D eigenvalue weighted by Crippen LogP contribution is 2.23. The summed E-state index contributed by atoms with van der Waals surface area (Å²) in [5.41, 5.74) is 0. The highest BCUT2D eigenvalue weighted by atomic mass is 79.9. The molecular weight excluding hydrogens is 256 g/mol. The van der Waals surface area contributed by atoms with Gasteiger partial charge in [-0.3, -0.25) is 4.79 Å². The van der Waals surface area contributed by atoms with Crippen molar-refractivity contribution in [1.82, 2.24) is 0 Å². The van der Waals surface area contributed by atoms with Gasteiger partial charge in [0.15, 0.2) is 5.78 Å². The molecule has 0 spiro atoms. The average Bonchev–Trinajstić information content (AvgIpc) is 2.47. The van der Waals surface area contributed by atoms with Crippen molar-refractivity contribution in [2.45, 2.75) is 6.42 Å². The lowest BCUT2D eigenvalue weighted by Crippen LogP contribution is -1.96. The summed E-state index contributed by atoms with van der Waals surface area (Å²) < 4.78 is 1.02. The Balaban J connectivity index is 2.53. The van der Waals surface area contributed by atoms with Crippen LogP contribution in [0.15, 0.2) is 15.9 Å². The quantitative estimate of drug-likeness (QED) is 0.776. The molecule has 1 heterocycles. The second-order valence-corrected chi connectivity index (χ2v) is 5.72. The normalized spacial score (nSPS) is 10.2. The van der Waals surface area contributed by atoms with Gasteiger partial charge in [-0.05, 0) is 34.3 Å². The molecular formula is C8H9BrOS2. The highest BCUT2D eigenvalue weighted by Gasteiger charge is 2.07. The van der Waals surface area contributed by atoms with Crippen molar-refractivity contribution in [3.63, 3.8) is 0 Å². The van der Waals surface area contributed by atoms with Crippen LogP contribution < -0.4 is 0 Å². The maximum absolute atomic E-state index is 11.4. The SMILES string of the molecule is CSCCC(=O)c1ccc(Br)s1. The van der Waals surface area contributed by atoms with E-state index in [1.165, 1.54) is 11.3 Å². The first-order valence-corrected chi connectivity index (χ1v) is 6.52. The zero-order valence-electron chi connectivity index (χ0n) is 6.67. The molecule has 0 N–H and O–H groups in total. The number of carbonyl (C=O) groups excluding carboxylic acids is 1. The van der Waals surface area contributed by atoms with Crippen molar-refractivity contribution < 1.29 is 4.79 Å². The van der Waals surface area contributed by atoms with Gasteiger partial charge in [-0.1, -0.05) is 0 Å². The summed E-state index contributed by atoms with van der Waals surface area (Å²) in [7, 11) is 0. The van der Waals surface area contributed by atoms with Crippen molar-refractivity contribution in [3.05, 3.63) is 20.8 Å². The van der Waals surface area contributed by atoms with E-state index in [1.54, 1.807) is 11.8 Å². The summed E-state index contributed by atoms with van der Waals surface area (Å²) in [5.74, 6) is 1.16. The zero-order chi connectivity index (χ0) is 8.97. The first-order valence-electron chi connectivity index (χ1n) is 3.51. The summed E-state index contributed by atoms with van der Waals surface area (Å²) in [6.07, 6.45) is 2.66. The molecule has 0 radical (unpaired) electrons. The minimum Gasteiger partial charge on any atom is -0.293 e. The minimum absolute atomic E-state index is 0.250. The Morgan fingerprint density at radius 1 is 1.67 bits per heavy atom. The van der Waals surface area contributed by atoms with Crippen LogP contribution in [0.5, 0.6) is 0 Å². The first kappa shape index (κ1) is 10.3. The number of rotatable bonds is 4. The fourth-order valence-corrected chi connectivity index (χ4v) is 2.53. The third-order valence-corrected chi connectivity index (χ3v) is 3.66. The Morgan fingerprint density at radius 3 is 2.92 bits per heavy atom. The predicted octanol–water partition coefficient (Wildman–Crippen LogP) is 3.45. The number of hydrogen-bond donors (Lipinski definition) is 0. The van der Waals surface area contributed by atoms with E-state index in [0.29, 0.717) is 6.42 Å². The number of hydrogen-bond acceptors (Lipinski definition) is 3. The zero-order valence-corrected chi connectivity index (χ0v) is 9.89. The van der Waals surface area contributed by atoms with E-state index < -0.39 is 0 Å².